The zero-order chi connectivity index (χ0) is 15.3. The lowest BCUT2D eigenvalue weighted by Crippen LogP contribution is -2.34. The van der Waals surface area contributed by atoms with E-state index in [1.165, 1.54) is 12.1 Å². The smallest absolute Gasteiger partial charge is 0.221 e. The molecule has 0 heterocycles. The average Bonchev–Trinajstić information content (AvgIpc) is 2.27. The maximum atomic E-state index is 13.1. The lowest BCUT2D eigenvalue weighted by molar-refractivity contribution is -0.121. The monoisotopic (exact) mass is 344 g/mol. The van der Waals surface area contributed by atoms with Crippen LogP contribution in [0, 0.1) is 11.2 Å². The van der Waals surface area contributed by atoms with Crippen LogP contribution in [0.3, 0.4) is 0 Å². The number of carbonyl (C=O) groups is 1. The maximum Gasteiger partial charge on any atom is 0.221 e. The van der Waals surface area contributed by atoms with Gasteiger partial charge < -0.3 is 11.1 Å². The fourth-order valence-corrected chi connectivity index (χ4v) is 2.43. The van der Waals surface area contributed by atoms with Crippen LogP contribution in [-0.2, 0) is 11.3 Å². The van der Waals surface area contributed by atoms with Gasteiger partial charge in [-0.2, -0.15) is 0 Å². The third kappa shape index (κ3) is 6.48. The lowest BCUT2D eigenvalue weighted by Gasteiger charge is -2.22. The molecule has 1 amide bonds. The minimum Gasteiger partial charge on any atom is -0.352 e. The van der Waals surface area contributed by atoms with Crippen molar-refractivity contribution < 1.29 is 9.18 Å². The van der Waals surface area contributed by atoms with Crippen LogP contribution in [0.5, 0.6) is 0 Å². The Morgan fingerprint density at radius 3 is 2.70 bits per heavy atom. The normalized spacial score (nSPS) is 13.1. The predicted molar refractivity (Wildman–Crippen MR) is 82.6 cm³/mol. The number of amides is 1. The minimum atomic E-state index is -0.318. The second kappa shape index (κ2) is 7.18. The number of hydrogen-bond donors (Lipinski definition) is 2. The van der Waals surface area contributed by atoms with Crippen molar-refractivity contribution in [1.29, 1.82) is 0 Å². The first-order valence-corrected chi connectivity index (χ1v) is 7.43. The number of nitrogens with two attached hydrogens (primary N) is 1. The van der Waals surface area contributed by atoms with Gasteiger partial charge in [-0.3, -0.25) is 4.79 Å². The molecule has 0 aliphatic rings. The summed E-state index contributed by atoms with van der Waals surface area (Å²) in [4.78, 5) is 11.8. The Morgan fingerprint density at radius 1 is 1.45 bits per heavy atom. The van der Waals surface area contributed by atoms with E-state index in [2.05, 4.69) is 42.0 Å². The van der Waals surface area contributed by atoms with Gasteiger partial charge in [0.1, 0.15) is 5.82 Å². The molecule has 0 saturated carbocycles. The Labute approximate surface area is 128 Å². The zero-order valence-corrected chi connectivity index (χ0v) is 13.8. The van der Waals surface area contributed by atoms with Gasteiger partial charge >= 0.3 is 0 Å². The molecule has 1 unspecified atom stereocenters. The fraction of sp³-hybridized carbons (Fsp3) is 0.533. The molecule has 0 saturated heterocycles. The van der Waals surface area contributed by atoms with E-state index in [0.29, 0.717) is 12.1 Å². The van der Waals surface area contributed by atoms with Crippen LogP contribution in [-0.4, -0.2) is 11.9 Å². The molecule has 112 valence electrons. The van der Waals surface area contributed by atoms with Crippen molar-refractivity contribution in [3.8, 4) is 0 Å². The van der Waals surface area contributed by atoms with Gasteiger partial charge in [0.2, 0.25) is 5.91 Å². The van der Waals surface area contributed by atoms with Gasteiger partial charge in [0.15, 0.2) is 0 Å². The molecule has 1 aromatic rings. The number of benzene rings is 1. The molecule has 0 aromatic heterocycles. The van der Waals surface area contributed by atoms with Crippen LogP contribution in [0.2, 0.25) is 0 Å². The first kappa shape index (κ1) is 17.1. The van der Waals surface area contributed by atoms with Crippen LogP contribution in [0.4, 0.5) is 4.39 Å². The van der Waals surface area contributed by atoms with Crippen molar-refractivity contribution in [2.24, 2.45) is 11.1 Å². The van der Waals surface area contributed by atoms with Crippen LogP contribution < -0.4 is 11.1 Å². The van der Waals surface area contributed by atoms with E-state index in [9.17, 15) is 9.18 Å². The molecule has 0 aliphatic carbocycles. The molecule has 1 aromatic carbocycles. The summed E-state index contributed by atoms with van der Waals surface area (Å²) in [6.45, 7) is 6.57. The summed E-state index contributed by atoms with van der Waals surface area (Å²) in [5.74, 6) is -0.431. The molecule has 0 radical (unpaired) electrons. The van der Waals surface area contributed by atoms with Crippen molar-refractivity contribution in [1.82, 2.24) is 5.32 Å². The highest BCUT2D eigenvalue weighted by molar-refractivity contribution is 9.10. The number of halogens is 2. The van der Waals surface area contributed by atoms with Crippen LogP contribution in [0.25, 0.3) is 0 Å². The van der Waals surface area contributed by atoms with Gasteiger partial charge in [0.05, 0.1) is 0 Å². The molecular weight excluding hydrogens is 323 g/mol. The quantitative estimate of drug-likeness (QED) is 0.860. The largest absolute Gasteiger partial charge is 0.352 e. The Balaban J connectivity index is 2.45. The van der Waals surface area contributed by atoms with Crippen molar-refractivity contribution in [3.05, 3.63) is 34.1 Å². The predicted octanol–water partition coefficient (Wildman–Crippen LogP) is 3.36. The summed E-state index contributed by atoms with van der Waals surface area (Å²) in [5.41, 5.74) is 6.77. The van der Waals surface area contributed by atoms with E-state index >= 15 is 0 Å². The maximum absolute atomic E-state index is 13.1. The van der Waals surface area contributed by atoms with Crippen molar-refractivity contribution in [2.45, 2.75) is 46.2 Å². The highest BCUT2D eigenvalue weighted by atomic mass is 79.9. The molecule has 1 atom stereocenters. The number of hydrogen-bond acceptors (Lipinski definition) is 2. The van der Waals surface area contributed by atoms with Crippen LogP contribution in [0.15, 0.2) is 22.7 Å². The van der Waals surface area contributed by atoms with E-state index in [-0.39, 0.29) is 29.6 Å². The van der Waals surface area contributed by atoms with E-state index in [1.54, 1.807) is 6.07 Å². The number of nitrogens with one attached hydrogen (secondary N) is 1. The minimum absolute atomic E-state index is 0.102. The van der Waals surface area contributed by atoms with Gasteiger partial charge in [-0.05, 0) is 35.6 Å². The topological polar surface area (TPSA) is 55.1 Å². The van der Waals surface area contributed by atoms with E-state index in [1.807, 2.05) is 0 Å². The van der Waals surface area contributed by atoms with Gasteiger partial charge in [-0.1, -0.05) is 36.7 Å². The summed E-state index contributed by atoms with van der Waals surface area (Å²) in [7, 11) is 0. The Morgan fingerprint density at radius 2 is 2.10 bits per heavy atom. The first-order chi connectivity index (χ1) is 9.17. The molecule has 3 nitrogen and oxygen atoms in total. The molecular formula is C15H22BrFN2O. The first-order valence-electron chi connectivity index (χ1n) is 6.63. The summed E-state index contributed by atoms with van der Waals surface area (Å²) >= 11 is 3.33. The molecule has 0 fully saturated rings. The summed E-state index contributed by atoms with van der Waals surface area (Å²) in [5, 5.41) is 2.77. The third-order valence-corrected chi connectivity index (χ3v) is 3.58. The molecule has 1 rings (SSSR count). The molecule has 20 heavy (non-hydrogen) atoms. The van der Waals surface area contributed by atoms with Crippen molar-refractivity contribution >= 4 is 21.8 Å². The van der Waals surface area contributed by atoms with Gasteiger partial charge in [-0.15, -0.1) is 0 Å². The molecule has 5 heteroatoms. The standard InChI is InChI=1S/C15H22BrFN2O/c1-15(2,3)8-12(18)7-14(20)19-9-10-6-11(17)4-5-13(10)16/h4-6,12H,7-9,18H2,1-3H3,(H,19,20). The molecule has 0 bridgehead atoms. The fourth-order valence-electron chi connectivity index (χ4n) is 2.04. The number of carbonyl (C=O) groups excluding carboxylic acids is 1. The lowest BCUT2D eigenvalue weighted by atomic mass is 9.87. The van der Waals surface area contributed by atoms with Crippen molar-refractivity contribution in [3.63, 3.8) is 0 Å². The van der Waals surface area contributed by atoms with Crippen LogP contribution in [0.1, 0.15) is 39.2 Å². The van der Waals surface area contributed by atoms with E-state index in [4.69, 9.17) is 5.73 Å². The average molecular weight is 345 g/mol. The summed E-state index contributed by atoms with van der Waals surface area (Å²) in [6.07, 6.45) is 1.06. The number of rotatable bonds is 5. The third-order valence-electron chi connectivity index (χ3n) is 2.81. The summed E-state index contributed by atoms with van der Waals surface area (Å²) in [6, 6.07) is 4.24. The van der Waals surface area contributed by atoms with Crippen molar-refractivity contribution in [2.75, 3.05) is 0 Å². The highest BCUT2D eigenvalue weighted by Crippen LogP contribution is 2.21. The van der Waals surface area contributed by atoms with Gasteiger partial charge in [0.25, 0.3) is 0 Å². The second-order valence-corrected chi connectivity index (χ2v) is 7.10. The van der Waals surface area contributed by atoms with Gasteiger partial charge in [-0.25, -0.2) is 4.39 Å². The van der Waals surface area contributed by atoms with E-state index in [0.717, 1.165) is 10.9 Å². The second-order valence-electron chi connectivity index (χ2n) is 6.24. The molecule has 3 N–H and O–H groups in total. The highest BCUT2D eigenvalue weighted by Gasteiger charge is 2.18. The van der Waals surface area contributed by atoms with E-state index < -0.39 is 0 Å². The SMILES string of the molecule is CC(C)(C)CC(N)CC(=O)NCc1cc(F)ccc1Br. The van der Waals surface area contributed by atoms with Crippen LogP contribution >= 0.6 is 15.9 Å². The molecule has 0 spiro atoms. The van der Waals surface area contributed by atoms with Gasteiger partial charge in [0, 0.05) is 23.5 Å². The Bertz CT molecular complexity index is 471. The Hall–Kier alpha value is -0.940. The molecule has 0 aliphatic heterocycles. The Kier molecular flexibility index (Phi) is 6.14. The zero-order valence-electron chi connectivity index (χ0n) is 12.2. The summed E-state index contributed by atoms with van der Waals surface area (Å²) < 4.78 is 13.9.